The summed E-state index contributed by atoms with van der Waals surface area (Å²) in [5, 5.41) is 6.25. The number of carbonyl (C=O) groups excluding carboxylic acids is 3. The zero-order valence-corrected chi connectivity index (χ0v) is 23.5. The quantitative estimate of drug-likeness (QED) is 0.573. The maximum atomic E-state index is 13.8. The molecule has 3 heterocycles. The van der Waals surface area contributed by atoms with E-state index in [1.54, 1.807) is 24.8 Å². The zero-order chi connectivity index (χ0) is 26.8. The maximum Gasteiger partial charge on any atom is 0.324 e. The Kier molecular flexibility index (Phi) is 8.32. The van der Waals surface area contributed by atoms with Gasteiger partial charge in [-0.2, -0.15) is 0 Å². The fourth-order valence-electron chi connectivity index (χ4n) is 3.88. The normalized spacial score (nSPS) is 15.9. The molecular weight excluding hydrogens is 500 g/mol. The zero-order valence-electron chi connectivity index (χ0n) is 21.9. The summed E-state index contributed by atoms with van der Waals surface area (Å²) in [6.45, 7) is 11.9. The van der Waals surface area contributed by atoms with Crippen molar-refractivity contribution in [2.75, 3.05) is 50.9 Å². The lowest BCUT2D eigenvalue weighted by Crippen LogP contribution is -2.65. The topological polar surface area (TPSA) is 97.9 Å². The molecule has 9 nitrogen and oxygen atoms in total. The van der Waals surface area contributed by atoms with E-state index < -0.39 is 11.6 Å². The molecule has 1 aliphatic rings. The van der Waals surface area contributed by atoms with Gasteiger partial charge < -0.3 is 20.0 Å². The van der Waals surface area contributed by atoms with Crippen LogP contribution in [0, 0.1) is 0 Å². The van der Waals surface area contributed by atoms with Gasteiger partial charge in [-0.15, -0.1) is 11.3 Å². The molecule has 1 saturated heterocycles. The van der Waals surface area contributed by atoms with Gasteiger partial charge in [-0.3, -0.25) is 19.9 Å². The highest BCUT2D eigenvalue weighted by atomic mass is 35.5. The summed E-state index contributed by atoms with van der Waals surface area (Å²) in [6.07, 6.45) is 2.96. The van der Waals surface area contributed by atoms with E-state index in [9.17, 15) is 14.4 Å². The number of hydrogen-bond donors (Lipinski definition) is 2. The monoisotopic (exact) mass is 534 g/mol. The SMILES string of the molecule is CN(C)CCN1CCN(C(=O)c2cc(C(C)(C)C)sc2NC(=O)Nc2ccncc2Cl)C(C)(C)C1=O. The molecule has 0 spiro atoms. The van der Waals surface area contributed by atoms with Crippen LogP contribution in [0.25, 0.3) is 0 Å². The van der Waals surface area contributed by atoms with Gasteiger partial charge in [0.15, 0.2) is 0 Å². The van der Waals surface area contributed by atoms with Crippen LogP contribution in [0.5, 0.6) is 0 Å². The van der Waals surface area contributed by atoms with Crippen LogP contribution in [0.4, 0.5) is 15.5 Å². The Morgan fingerprint density at radius 2 is 1.92 bits per heavy atom. The van der Waals surface area contributed by atoms with Crippen molar-refractivity contribution in [3.63, 3.8) is 0 Å². The molecule has 0 saturated carbocycles. The van der Waals surface area contributed by atoms with E-state index in [0.29, 0.717) is 40.9 Å². The number of amides is 4. The van der Waals surface area contributed by atoms with Gasteiger partial charge in [0.25, 0.3) is 5.91 Å². The Morgan fingerprint density at radius 1 is 1.22 bits per heavy atom. The van der Waals surface area contributed by atoms with E-state index in [0.717, 1.165) is 11.4 Å². The van der Waals surface area contributed by atoms with Crippen molar-refractivity contribution in [2.24, 2.45) is 0 Å². The van der Waals surface area contributed by atoms with Gasteiger partial charge >= 0.3 is 6.03 Å². The first-order chi connectivity index (χ1) is 16.7. The van der Waals surface area contributed by atoms with Crippen molar-refractivity contribution in [1.82, 2.24) is 19.7 Å². The Morgan fingerprint density at radius 3 is 2.53 bits per heavy atom. The van der Waals surface area contributed by atoms with Gasteiger partial charge in [0.05, 0.1) is 16.3 Å². The molecule has 2 N–H and O–H groups in total. The van der Waals surface area contributed by atoms with Crippen molar-refractivity contribution in [3.05, 3.63) is 40.0 Å². The molecule has 0 bridgehead atoms. The smallest absolute Gasteiger partial charge is 0.324 e. The molecule has 2 aromatic heterocycles. The molecule has 4 amide bonds. The van der Waals surface area contributed by atoms with Crippen LogP contribution in [-0.4, -0.2) is 83.3 Å². The first-order valence-corrected chi connectivity index (χ1v) is 13.0. The second-order valence-corrected chi connectivity index (χ2v) is 12.1. The molecule has 196 valence electrons. The molecule has 1 aliphatic heterocycles. The molecule has 0 aliphatic carbocycles. The van der Waals surface area contributed by atoms with E-state index in [1.807, 2.05) is 50.7 Å². The molecule has 11 heteroatoms. The van der Waals surface area contributed by atoms with Crippen molar-refractivity contribution >= 4 is 51.5 Å². The minimum Gasteiger partial charge on any atom is -0.338 e. The Bertz CT molecular complexity index is 1140. The van der Waals surface area contributed by atoms with Gasteiger partial charge in [0.1, 0.15) is 10.5 Å². The summed E-state index contributed by atoms with van der Waals surface area (Å²) in [4.78, 5) is 50.2. The number of likely N-dealkylation sites (N-methyl/N-ethyl adjacent to an activating group) is 1. The highest BCUT2D eigenvalue weighted by Crippen LogP contribution is 2.38. The molecule has 0 aromatic carbocycles. The highest BCUT2D eigenvalue weighted by Gasteiger charge is 2.45. The summed E-state index contributed by atoms with van der Waals surface area (Å²) in [6, 6.07) is 2.89. The van der Waals surface area contributed by atoms with Gasteiger partial charge in [-0.1, -0.05) is 32.4 Å². The fraction of sp³-hybridized carbons (Fsp3) is 0.520. The number of nitrogens with one attached hydrogen (secondary N) is 2. The van der Waals surface area contributed by atoms with Crippen molar-refractivity contribution < 1.29 is 14.4 Å². The third kappa shape index (κ3) is 6.16. The predicted molar refractivity (Wildman–Crippen MR) is 145 cm³/mol. The fourth-order valence-corrected chi connectivity index (χ4v) is 5.15. The van der Waals surface area contributed by atoms with E-state index >= 15 is 0 Å². The number of aromatic nitrogens is 1. The number of rotatable bonds is 6. The van der Waals surface area contributed by atoms with Gasteiger partial charge in [-0.05, 0) is 45.5 Å². The number of thiophene rings is 1. The minimum absolute atomic E-state index is 0.0881. The molecule has 3 rings (SSSR count). The van der Waals surface area contributed by atoms with Crippen LogP contribution in [0.15, 0.2) is 24.5 Å². The molecular formula is C25H35ClN6O3S. The number of urea groups is 1. The Hall–Kier alpha value is -2.69. The molecule has 36 heavy (non-hydrogen) atoms. The number of pyridine rings is 1. The second-order valence-electron chi connectivity index (χ2n) is 10.6. The first-order valence-electron chi connectivity index (χ1n) is 11.8. The Balaban J connectivity index is 1.87. The second kappa shape index (κ2) is 10.7. The molecule has 0 radical (unpaired) electrons. The van der Waals surface area contributed by atoms with Crippen LogP contribution >= 0.6 is 22.9 Å². The summed E-state index contributed by atoms with van der Waals surface area (Å²) >= 11 is 7.46. The van der Waals surface area contributed by atoms with Gasteiger partial charge in [0, 0.05) is 43.4 Å². The number of nitrogens with zero attached hydrogens (tertiary/aromatic N) is 4. The number of carbonyl (C=O) groups is 3. The average molecular weight is 535 g/mol. The van der Waals surface area contributed by atoms with Crippen LogP contribution in [0.2, 0.25) is 5.02 Å². The third-order valence-corrected chi connectivity index (χ3v) is 7.87. The van der Waals surface area contributed by atoms with E-state index in [2.05, 4.69) is 15.6 Å². The van der Waals surface area contributed by atoms with Crippen LogP contribution < -0.4 is 10.6 Å². The van der Waals surface area contributed by atoms with Gasteiger partial charge in [0.2, 0.25) is 5.91 Å². The number of halogens is 1. The molecule has 0 atom stereocenters. The third-order valence-electron chi connectivity index (χ3n) is 6.09. The maximum absolute atomic E-state index is 13.8. The molecule has 0 unspecified atom stereocenters. The molecule has 1 fully saturated rings. The van der Waals surface area contributed by atoms with E-state index in [-0.39, 0.29) is 17.2 Å². The number of anilines is 2. The van der Waals surface area contributed by atoms with Crippen LogP contribution in [0.1, 0.15) is 49.9 Å². The van der Waals surface area contributed by atoms with Crippen molar-refractivity contribution in [2.45, 2.75) is 45.6 Å². The van der Waals surface area contributed by atoms with Crippen LogP contribution in [-0.2, 0) is 10.2 Å². The summed E-state index contributed by atoms with van der Waals surface area (Å²) in [5.41, 5.74) is -0.482. The summed E-state index contributed by atoms with van der Waals surface area (Å²) in [7, 11) is 3.93. The van der Waals surface area contributed by atoms with Crippen LogP contribution in [0.3, 0.4) is 0 Å². The summed E-state index contributed by atoms with van der Waals surface area (Å²) < 4.78 is 0. The standard InChI is InChI=1S/C25H35ClN6O3S/c1-24(2,3)19-14-16(20(36-19)29-23(35)28-18-8-9-27-15-17(18)26)21(33)32-13-12-31(11-10-30(6)7)22(34)25(32,4)5/h8-9,14-15H,10-13H2,1-7H3,(H2,27,28,29,35). The van der Waals surface area contributed by atoms with Gasteiger partial charge in [-0.25, -0.2) is 4.79 Å². The number of piperazine rings is 1. The van der Waals surface area contributed by atoms with Crippen molar-refractivity contribution in [3.8, 4) is 0 Å². The predicted octanol–water partition coefficient (Wildman–Crippen LogP) is 4.36. The largest absolute Gasteiger partial charge is 0.338 e. The van der Waals surface area contributed by atoms with E-state index in [4.69, 9.17) is 11.6 Å². The average Bonchev–Trinajstić information content (AvgIpc) is 3.20. The first kappa shape index (κ1) is 27.9. The highest BCUT2D eigenvalue weighted by molar-refractivity contribution is 7.16. The lowest BCUT2D eigenvalue weighted by Gasteiger charge is -2.46. The number of hydrogen-bond acceptors (Lipinski definition) is 6. The van der Waals surface area contributed by atoms with E-state index in [1.165, 1.54) is 23.7 Å². The summed E-state index contributed by atoms with van der Waals surface area (Å²) in [5.74, 6) is -0.376. The Labute approximate surface area is 221 Å². The molecule has 2 aromatic rings. The lowest BCUT2D eigenvalue weighted by molar-refractivity contribution is -0.146. The lowest BCUT2D eigenvalue weighted by atomic mass is 9.93. The van der Waals surface area contributed by atoms with Crippen molar-refractivity contribution in [1.29, 1.82) is 0 Å². The minimum atomic E-state index is -1.02.